The lowest BCUT2D eigenvalue weighted by Crippen LogP contribution is -1.92. The lowest BCUT2D eigenvalue weighted by molar-refractivity contribution is 0.669. The summed E-state index contributed by atoms with van der Waals surface area (Å²) in [6.07, 6.45) is 6.08. The van der Waals surface area contributed by atoms with Gasteiger partial charge in [0.15, 0.2) is 0 Å². The van der Waals surface area contributed by atoms with Crippen molar-refractivity contribution in [2.75, 3.05) is 0 Å². The average molecular weight is 639 g/mol. The minimum Gasteiger partial charge on any atom is -0.456 e. The van der Waals surface area contributed by atoms with Gasteiger partial charge in [0.05, 0.1) is 0 Å². The lowest BCUT2D eigenvalue weighted by atomic mass is 9.84. The van der Waals surface area contributed by atoms with Crippen molar-refractivity contribution in [3.63, 3.8) is 0 Å². The third-order valence-corrected chi connectivity index (χ3v) is 9.90. The van der Waals surface area contributed by atoms with E-state index in [1.54, 1.807) is 0 Å². The largest absolute Gasteiger partial charge is 0.456 e. The first kappa shape index (κ1) is 29.7. The van der Waals surface area contributed by atoms with Crippen LogP contribution in [0.3, 0.4) is 0 Å². The van der Waals surface area contributed by atoms with Crippen LogP contribution in [-0.4, -0.2) is 0 Å². The van der Waals surface area contributed by atoms with Crippen LogP contribution in [0.1, 0.15) is 18.1 Å². The minimum atomic E-state index is 0.882. The van der Waals surface area contributed by atoms with E-state index in [0.29, 0.717) is 0 Å². The zero-order valence-corrected chi connectivity index (χ0v) is 27.9. The highest BCUT2D eigenvalue weighted by atomic mass is 16.3. The van der Waals surface area contributed by atoms with Crippen molar-refractivity contribution >= 4 is 55.6 Å². The first-order valence-electron chi connectivity index (χ1n) is 17.2. The molecular formula is C49H34O. The first-order valence-corrected chi connectivity index (χ1v) is 17.2. The van der Waals surface area contributed by atoms with E-state index < -0.39 is 0 Å². The third-order valence-electron chi connectivity index (χ3n) is 9.90. The maximum Gasteiger partial charge on any atom is 0.136 e. The smallest absolute Gasteiger partial charge is 0.136 e. The average Bonchev–Trinajstić information content (AvgIpc) is 3.53. The maximum absolute atomic E-state index is 6.41. The van der Waals surface area contributed by atoms with Crippen LogP contribution in [0.4, 0.5) is 0 Å². The van der Waals surface area contributed by atoms with Crippen molar-refractivity contribution in [2.45, 2.75) is 6.92 Å². The quantitative estimate of drug-likeness (QED) is 0.165. The zero-order valence-electron chi connectivity index (χ0n) is 27.9. The Labute approximate surface area is 292 Å². The molecule has 0 unspecified atom stereocenters. The van der Waals surface area contributed by atoms with E-state index >= 15 is 0 Å². The Hall–Kier alpha value is -6.44. The van der Waals surface area contributed by atoms with Gasteiger partial charge in [-0.25, -0.2) is 0 Å². The van der Waals surface area contributed by atoms with Gasteiger partial charge < -0.3 is 4.42 Å². The Morgan fingerprint density at radius 2 is 0.900 bits per heavy atom. The van der Waals surface area contributed by atoms with Gasteiger partial charge in [-0.2, -0.15) is 0 Å². The van der Waals surface area contributed by atoms with Gasteiger partial charge in [-0.3, -0.25) is 0 Å². The fraction of sp³-hybridized carbons (Fsp3) is 0.0204. The van der Waals surface area contributed by atoms with Crippen LogP contribution in [0.2, 0.25) is 0 Å². The molecule has 9 aromatic rings. The van der Waals surface area contributed by atoms with Crippen molar-refractivity contribution < 1.29 is 4.42 Å². The normalized spacial score (nSPS) is 11.7. The molecule has 0 aliphatic carbocycles. The number of rotatable bonds is 6. The molecule has 8 aromatic carbocycles. The summed E-state index contributed by atoms with van der Waals surface area (Å²) in [4.78, 5) is 0. The second-order valence-electron chi connectivity index (χ2n) is 12.9. The molecule has 1 aromatic heterocycles. The SMILES string of the molecule is C=Cc1cc2c(cc1/C=C\C)oc1ccc(-c3c4ccccc4c(-c4cc(-c5ccccc5)cc(-c5ccccc5)c4)c4ccccc34)cc12. The lowest BCUT2D eigenvalue weighted by Gasteiger charge is -2.19. The Bertz CT molecular complexity index is 2650. The van der Waals surface area contributed by atoms with E-state index in [4.69, 9.17) is 4.42 Å². The predicted octanol–water partition coefficient (Wildman–Crippen LogP) is 14.2. The highest BCUT2D eigenvalue weighted by molar-refractivity contribution is 6.22. The predicted molar refractivity (Wildman–Crippen MR) is 215 cm³/mol. The Morgan fingerprint density at radius 1 is 0.400 bits per heavy atom. The molecule has 1 nitrogen and oxygen atoms in total. The van der Waals surface area contributed by atoms with Gasteiger partial charge in [-0.15, -0.1) is 0 Å². The van der Waals surface area contributed by atoms with Crippen LogP contribution in [0, 0.1) is 0 Å². The summed E-state index contributed by atoms with van der Waals surface area (Å²) in [7, 11) is 0. The molecule has 0 aliphatic rings. The van der Waals surface area contributed by atoms with Crippen LogP contribution in [0.25, 0.3) is 100 Å². The first-order chi connectivity index (χ1) is 24.7. The highest BCUT2D eigenvalue weighted by Crippen LogP contribution is 2.46. The summed E-state index contributed by atoms with van der Waals surface area (Å²) in [5, 5.41) is 7.11. The summed E-state index contributed by atoms with van der Waals surface area (Å²) in [5.41, 5.74) is 13.6. The van der Waals surface area contributed by atoms with Gasteiger partial charge in [0.1, 0.15) is 11.2 Å². The van der Waals surface area contributed by atoms with Gasteiger partial charge >= 0.3 is 0 Å². The van der Waals surface area contributed by atoms with E-state index in [1.807, 2.05) is 13.0 Å². The summed E-state index contributed by atoms with van der Waals surface area (Å²) in [6, 6.07) is 57.2. The summed E-state index contributed by atoms with van der Waals surface area (Å²) in [5.74, 6) is 0. The molecule has 0 spiro atoms. The fourth-order valence-corrected chi connectivity index (χ4v) is 7.63. The van der Waals surface area contributed by atoms with Crippen molar-refractivity contribution in [1.82, 2.24) is 0 Å². The standard InChI is InChI=1S/C49H34O/c1-3-15-35-31-47-45(29-32(35)4-2)44-30-36(24-25-46(44)50-47)48-40-20-11-13-22-42(40)49(43-23-14-12-21-41(43)48)39-27-37(33-16-7-5-8-17-33)26-38(28-39)34-18-9-6-10-19-34/h3-31H,2H2,1H3/b15-3-. The number of furan rings is 1. The van der Waals surface area contributed by atoms with Crippen molar-refractivity contribution in [3.8, 4) is 44.5 Å². The molecule has 1 heteroatoms. The van der Waals surface area contributed by atoms with E-state index in [9.17, 15) is 0 Å². The summed E-state index contributed by atoms with van der Waals surface area (Å²) in [6.45, 7) is 6.12. The van der Waals surface area contributed by atoms with E-state index in [1.165, 1.54) is 66.1 Å². The third kappa shape index (κ3) is 4.95. The molecule has 0 amide bonds. The molecule has 0 radical (unpaired) electrons. The van der Waals surface area contributed by atoms with E-state index in [0.717, 1.165) is 33.1 Å². The molecule has 0 fully saturated rings. The number of hydrogen-bond acceptors (Lipinski definition) is 1. The molecule has 1 heterocycles. The van der Waals surface area contributed by atoms with E-state index in [-0.39, 0.29) is 0 Å². The zero-order chi connectivity index (χ0) is 33.6. The molecule has 0 atom stereocenters. The highest BCUT2D eigenvalue weighted by Gasteiger charge is 2.19. The number of benzene rings is 8. The molecule has 0 N–H and O–H groups in total. The Balaban J connectivity index is 1.33. The number of allylic oxidation sites excluding steroid dienone is 1. The van der Waals surface area contributed by atoms with Crippen LogP contribution >= 0.6 is 0 Å². The Morgan fingerprint density at radius 3 is 1.44 bits per heavy atom. The minimum absolute atomic E-state index is 0.882. The maximum atomic E-state index is 6.41. The molecule has 9 rings (SSSR count). The molecular weight excluding hydrogens is 605 g/mol. The van der Waals surface area contributed by atoms with Gasteiger partial charge in [-0.05, 0) is 127 Å². The second kappa shape index (κ2) is 12.2. The Kier molecular flexibility index (Phi) is 7.25. The van der Waals surface area contributed by atoms with Crippen LogP contribution in [0.5, 0.6) is 0 Å². The van der Waals surface area contributed by atoms with Gasteiger partial charge in [0, 0.05) is 10.8 Å². The molecule has 0 saturated carbocycles. The molecule has 50 heavy (non-hydrogen) atoms. The van der Waals surface area contributed by atoms with Gasteiger partial charge in [-0.1, -0.05) is 140 Å². The van der Waals surface area contributed by atoms with Crippen molar-refractivity contribution in [1.29, 1.82) is 0 Å². The van der Waals surface area contributed by atoms with Crippen LogP contribution in [-0.2, 0) is 0 Å². The van der Waals surface area contributed by atoms with Crippen LogP contribution in [0.15, 0.2) is 175 Å². The summed E-state index contributed by atoms with van der Waals surface area (Å²) >= 11 is 0. The topological polar surface area (TPSA) is 13.1 Å². The van der Waals surface area contributed by atoms with Crippen LogP contribution < -0.4 is 0 Å². The molecule has 0 saturated heterocycles. The fourth-order valence-electron chi connectivity index (χ4n) is 7.63. The van der Waals surface area contributed by atoms with Gasteiger partial charge in [0.25, 0.3) is 0 Å². The molecule has 236 valence electrons. The van der Waals surface area contributed by atoms with Crippen molar-refractivity contribution in [2.24, 2.45) is 0 Å². The molecule has 0 aliphatic heterocycles. The summed E-state index contributed by atoms with van der Waals surface area (Å²) < 4.78 is 6.41. The number of fused-ring (bicyclic) bond motifs is 5. The van der Waals surface area contributed by atoms with Crippen molar-refractivity contribution in [3.05, 3.63) is 182 Å². The number of hydrogen-bond donors (Lipinski definition) is 0. The van der Waals surface area contributed by atoms with E-state index in [2.05, 4.69) is 176 Å². The molecule has 0 bridgehead atoms. The van der Waals surface area contributed by atoms with Gasteiger partial charge in [0.2, 0.25) is 0 Å². The monoisotopic (exact) mass is 638 g/mol. The second-order valence-corrected chi connectivity index (χ2v) is 12.9.